The van der Waals surface area contributed by atoms with Crippen molar-refractivity contribution in [2.75, 3.05) is 0 Å². The second kappa shape index (κ2) is 11.6. The molecule has 0 aliphatic rings. The van der Waals surface area contributed by atoms with Gasteiger partial charge in [0, 0.05) is 42.1 Å². The van der Waals surface area contributed by atoms with Crippen molar-refractivity contribution in [3.05, 3.63) is 170 Å². The highest BCUT2D eigenvalue weighted by atomic mass is 32.1. The molecular weight excluding hydrogens is 629 g/mol. The minimum atomic E-state index is 0.589. The lowest BCUT2D eigenvalue weighted by atomic mass is 10.0. The van der Waals surface area contributed by atoms with Crippen LogP contribution in [0, 0.1) is 0 Å². The first kappa shape index (κ1) is 28.6. The number of hydrogen-bond donors (Lipinski definition) is 0. The maximum Gasteiger partial charge on any atom is 0.238 e. The zero-order valence-electron chi connectivity index (χ0n) is 26.9. The summed E-state index contributed by atoms with van der Waals surface area (Å²) in [6.07, 6.45) is 0. The highest BCUT2D eigenvalue weighted by Crippen LogP contribution is 2.42. The summed E-state index contributed by atoms with van der Waals surface area (Å²) in [5, 5.41) is 4.92. The minimum absolute atomic E-state index is 0.589. The average molecular weight is 657 g/mol. The van der Waals surface area contributed by atoms with Crippen molar-refractivity contribution in [1.29, 1.82) is 0 Å². The minimum Gasteiger partial charge on any atom is -0.278 e. The fourth-order valence-corrected chi connectivity index (χ4v) is 8.32. The lowest BCUT2D eigenvalue weighted by Crippen LogP contribution is -2.06. The molecule has 0 aliphatic carbocycles. The van der Waals surface area contributed by atoms with Gasteiger partial charge in [-0.2, -0.15) is 9.97 Å². The van der Waals surface area contributed by atoms with Gasteiger partial charge in [0.05, 0.1) is 11.0 Å². The predicted molar refractivity (Wildman–Crippen MR) is 209 cm³/mol. The van der Waals surface area contributed by atoms with Crippen LogP contribution in [-0.2, 0) is 0 Å². The van der Waals surface area contributed by atoms with Crippen molar-refractivity contribution in [2.45, 2.75) is 0 Å². The fraction of sp³-hybridized carbons (Fsp3) is 0. The molecule has 0 N–H and O–H groups in total. The summed E-state index contributed by atoms with van der Waals surface area (Å²) in [5.74, 6) is 1.86. The van der Waals surface area contributed by atoms with Crippen LogP contribution in [0.4, 0.5) is 0 Å². The van der Waals surface area contributed by atoms with E-state index in [0.29, 0.717) is 17.6 Å². The summed E-state index contributed by atoms with van der Waals surface area (Å²) in [7, 11) is 0. The molecule has 10 aromatic rings. The predicted octanol–water partition coefficient (Wildman–Crippen LogP) is 12.0. The van der Waals surface area contributed by atoms with Gasteiger partial charge in [0.15, 0.2) is 11.6 Å². The summed E-state index contributed by atoms with van der Waals surface area (Å²) in [6.45, 7) is 0. The second-order valence-electron chi connectivity index (χ2n) is 12.5. The number of fused-ring (bicyclic) bond motifs is 6. The Morgan fingerprint density at radius 1 is 0.380 bits per heavy atom. The summed E-state index contributed by atoms with van der Waals surface area (Å²) in [4.78, 5) is 15.3. The van der Waals surface area contributed by atoms with Crippen LogP contribution in [0.2, 0.25) is 0 Å². The van der Waals surface area contributed by atoms with Crippen molar-refractivity contribution in [3.63, 3.8) is 0 Å². The third kappa shape index (κ3) is 4.71. The molecule has 0 atom stereocenters. The highest BCUT2D eigenvalue weighted by molar-refractivity contribution is 7.26. The van der Waals surface area contributed by atoms with Gasteiger partial charge < -0.3 is 0 Å². The number of hydrogen-bond acceptors (Lipinski definition) is 4. The van der Waals surface area contributed by atoms with Gasteiger partial charge in [-0.25, -0.2) is 4.98 Å². The molecule has 0 radical (unpaired) electrons. The summed E-state index contributed by atoms with van der Waals surface area (Å²) < 4.78 is 4.80. The van der Waals surface area contributed by atoms with Crippen LogP contribution in [0.25, 0.3) is 93.0 Å². The van der Waals surface area contributed by atoms with Crippen LogP contribution in [0.3, 0.4) is 0 Å². The quantitative estimate of drug-likeness (QED) is 0.185. The zero-order valence-corrected chi connectivity index (χ0v) is 27.7. The molecule has 10 rings (SSSR count). The number of aromatic nitrogens is 4. The van der Waals surface area contributed by atoms with Gasteiger partial charge in [0.25, 0.3) is 0 Å². The van der Waals surface area contributed by atoms with Gasteiger partial charge >= 0.3 is 0 Å². The van der Waals surface area contributed by atoms with Crippen LogP contribution >= 0.6 is 11.3 Å². The van der Waals surface area contributed by atoms with Gasteiger partial charge in [-0.1, -0.05) is 146 Å². The SMILES string of the molecule is c1ccc(-c2ccc(-c3nc(-c4ccccc4)nc(-n4c5ccccc5c5cc(-c6cccc7c6sc6ccccc67)ccc54)n3)cc2)cc1. The van der Waals surface area contributed by atoms with Gasteiger partial charge in [-0.3, -0.25) is 4.57 Å². The molecule has 4 nitrogen and oxygen atoms in total. The molecular formula is C45H28N4S. The van der Waals surface area contributed by atoms with E-state index in [2.05, 4.69) is 138 Å². The number of para-hydroxylation sites is 1. The Morgan fingerprint density at radius 3 is 1.72 bits per heavy atom. The van der Waals surface area contributed by atoms with E-state index >= 15 is 0 Å². The lowest BCUT2D eigenvalue weighted by molar-refractivity contribution is 0.953. The summed E-state index contributed by atoms with van der Waals surface area (Å²) in [6, 6.07) is 59.7. The summed E-state index contributed by atoms with van der Waals surface area (Å²) >= 11 is 1.86. The Hall–Kier alpha value is -6.43. The molecule has 0 amide bonds. The number of benzene rings is 7. The third-order valence-electron chi connectivity index (χ3n) is 9.49. The fourth-order valence-electron chi connectivity index (χ4n) is 7.08. The van der Waals surface area contributed by atoms with E-state index in [4.69, 9.17) is 15.0 Å². The molecule has 0 spiro atoms. The normalized spacial score (nSPS) is 11.6. The van der Waals surface area contributed by atoms with E-state index in [0.717, 1.165) is 38.5 Å². The van der Waals surface area contributed by atoms with Crippen molar-refractivity contribution in [1.82, 2.24) is 19.5 Å². The molecule has 5 heteroatoms. The van der Waals surface area contributed by atoms with E-state index in [1.165, 1.54) is 36.9 Å². The van der Waals surface area contributed by atoms with Crippen LogP contribution in [-0.4, -0.2) is 19.5 Å². The van der Waals surface area contributed by atoms with E-state index in [1.54, 1.807) is 0 Å². The molecule has 3 heterocycles. The van der Waals surface area contributed by atoms with Crippen molar-refractivity contribution in [3.8, 4) is 51.0 Å². The van der Waals surface area contributed by atoms with E-state index < -0.39 is 0 Å². The van der Waals surface area contributed by atoms with Crippen molar-refractivity contribution in [2.24, 2.45) is 0 Å². The smallest absolute Gasteiger partial charge is 0.238 e. The Morgan fingerprint density at radius 2 is 0.940 bits per heavy atom. The molecule has 7 aromatic carbocycles. The Labute approximate surface area is 292 Å². The van der Waals surface area contributed by atoms with Crippen LogP contribution in [0.1, 0.15) is 0 Å². The third-order valence-corrected chi connectivity index (χ3v) is 10.7. The van der Waals surface area contributed by atoms with Crippen molar-refractivity contribution >= 4 is 53.3 Å². The molecule has 3 aromatic heterocycles. The van der Waals surface area contributed by atoms with Gasteiger partial charge in [-0.15, -0.1) is 11.3 Å². The van der Waals surface area contributed by atoms with Crippen LogP contribution in [0.15, 0.2) is 170 Å². The largest absolute Gasteiger partial charge is 0.278 e. The number of rotatable bonds is 5. The Bertz CT molecular complexity index is 2850. The topological polar surface area (TPSA) is 43.6 Å². The lowest BCUT2D eigenvalue weighted by Gasteiger charge is -2.11. The molecule has 0 aliphatic heterocycles. The molecule has 0 unspecified atom stereocenters. The second-order valence-corrected chi connectivity index (χ2v) is 13.5. The molecule has 0 saturated heterocycles. The molecule has 0 fully saturated rings. The maximum absolute atomic E-state index is 5.16. The first-order chi connectivity index (χ1) is 24.8. The first-order valence-electron chi connectivity index (χ1n) is 16.7. The average Bonchev–Trinajstić information content (AvgIpc) is 3.74. The molecule has 50 heavy (non-hydrogen) atoms. The Kier molecular flexibility index (Phi) is 6.64. The molecule has 0 bridgehead atoms. The Balaban J connectivity index is 1.17. The van der Waals surface area contributed by atoms with E-state index in [9.17, 15) is 0 Å². The van der Waals surface area contributed by atoms with Gasteiger partial charge in [-0.05, 0) is 46.5 Å². The highest BCUT2D eigenvalue weighted by Gasteiger charge is 2.19. The summed E-state index contributed by atoms with van der Waals surface area (Å²) in [5.41, 5.74) is 8.74. The number of thiophene rings is 1. The van der Waals surface area contributed by atoms with E-state index in [1.807, 2.05) is 47.7 Å². The van der Waals surface area contributed by atoms with Crippen LogP contribution in [0.5, 0.6) is 0 Å². The van der Waals surface area contributed by atoms with Crippen LogP contribution < -0.4 is 0 Å². The maximum atomic E-state index is 5.16. The van der Waals surface area contributed by atoms with E-state index in [-0.39, 0.29) is 0 Å². The molecule has 0 saturated carbocycles. The van der Waals surface area contributed by atoms with Gasteiger partial charge in [0.2, 0.25) is 5.95 Å². The first-order valence-corrected chi connectivity index (χ1v) is 17.5. The molecule has 234 valence electrons. The zero-order chi connectivity index (χ0) is 33.0. The standard InChI is InChI=1S/C45H28N4S/c1-3-12-29(13-4-1)30-22-24-32(25-23-30)44-46-43(31-14-5-2-6-15-31)47-45(48-44)49-39-20-9-7-16-35(39)38-28-33(26-27-40(38)49)34-18-11-19-37-36-17-8-10-21-41(36)50-42(34)37/h1-28H. The van der Waals surface area contributed by atoms with Crippen molar-refractivity contribution < 1.29 is 0 Å². The number of nitrogens with zero attached hydrogens (tertiary/aromatic N) is 4. The van der Waals surface area contributed by atoms with Gasteiger partial charge in [0.1, 0.15) is 0 Å². The monoisotopic (exact) mass is 656 g/mol.